The second-order valence-corrected chi connectivity index (χ2v) is 11.1. The van der Waals surface area contributed by atoms with Gasteiger partial charge in [-0.05, 0) is 75.7 Å². The molecule has 0 aliphatic heterocycles. The van der Waals surface area contributed by atoms with Crippen LogP contribution in [0.25, 0.3) is 5.76 Å². The Labute approximate surface area is 214 Å². The highest BCUT2D eigenvalue weighted by molar-refractivity contribution is 6.24. The van der Waals surface area contributed by atoms with E-state index in [4.69, 9.17) is 5.73 Å². The molecule has 5 rings (SSSR count). The Morgan fingerprint density at radius 1 is 1.22 bits per heavy atom. The number of aliphatic hydroxyl groups excluding tert-OH is 2. The smallest absolute Gasteiger partial charge is 0.255 e. The zero-order chi connectivity index (χ0) is 27.0. The van der Waals surface area contributed by atoms with Gasteiger partial charge in [0.1, 0.15) is 22.8 Å². The van der Waals surface area contributed by atoms with Crippen LogP contribution in [0.2, 0.25) is 0 Å². The summed E-state index contributed by atoms with van der Waals surface area (Å²) in [5.74, 6) is -5.76. The number of nitrogens with one attached hydrogen (secondary N) is 1. The molecule has 0 bridgehead atoms. The molecule has 0 radical (unpaired) electrons. The highest BCUT2D eigenvalue weighted by Crippen LogP contribution is 2.52. The van der Waals surface area contributed by atoms with Crippen LogP contribution >= 0.6 is 0 Å². The number of phenols is 1. The van der Waals surface area contributed by atoms with Gasteiger partial charge in [-0.1, -0.05) is 6.07 Å². The van der Waals surface area contributed by atoms with Crippen LogP contribution in [0, 0.1) is 17.8 Å². The number of benzene rings is 1. The summed E-state index contributed by atoms with van der Waals surface area (Å²) >= 11 is 0. The van der Waals surface area contributed by atoms with E-state index < -0.39 is 58.0 Å². The third-order valence-electron chi connectivity index (χ3n) is 8.55. The van der Waals surface area contributed by atoms with Crippen LogP contribution in [0.15, 0.2) is 29.0 Å². The largest absolute Gasteiger partial charge is 0.508 e. The maximum atomic E-state index is 13.8. The molecule has 1 aromatic carbocycles. The molecule has 10 nitrogen and oxygen atoms in total. The summed E-state index contributed by atoms with van der Waals surface area (Å²) in [6.45, 7) is 2.67. The summed E-state index contributed by atoms with van der Waals surface area (Å²) in [5.41, 5.74) is 3.35. The number of carbonyl (C=O) groups excluding carboxylic acids is 3. The summed E-state index contributed by atoms with van der Waals surface area (Å²) in [6.07, 6.45) is 2.77. The van der Waals surface area contributed by atoms with Crippen molar-refractivity contribution in [2.45, 2.75) is 56.8 Å². The first-order valence-corrected chi connectivity index (χ1v) is 12.6. The first-order chi connectivity index (χ1) is 17.4. The Bertz CT molecular complexity index is 1280. The van der Waals surface area contributed by atoms with Gasteiger partial charge in [0, 0.05) is 24.1 Å². The molecule has 0 saturated heterocycles. The van der Waals surface area contributed by atoms with Crippen LogP contribution < -0.4 is 11.1 Å². The van der Waals surface area contributed by atoms with Gasteiger partial charge in [-0.25, -0.2) is 0 Å². The van der Waals surface area contributed by atoms with Crippen molar-refractivity contribution >= 4 is 23.2 Å². The Morgan fingerprint density at radius 3 is 2.49 bits per heavy atom. The van der Waals surface area contributed by atoms with Gasteiger partial charge < -0.3 is 31.5 Å². The quantitative estimate of drug-likeness (QED) is 0.303. The average Bonchev–Trinajstić information content (AvgIpc) is 3.65. The normalized spacial score (nSPS) is 30.2. The number of rotatable bonds is 6. The fourth-order valence-corrected chi connectivity index (χ4v) is 6.48. The second kappa shape index (κ2) is 8.68. The fourth-order valence-electron chi connectivity index (χ4n) is 6.48. The van der Waals surface area contributed by atoms with Gasteiger partial charge in [0.05, 0.1) is 11.6 Å². The van der Waals surface area contributed by atoms with E-state index in [1.54, 1.807) is 14.1 Å². The number of aromatic hydroxyl groups is 1. The molecule has 0 unspecified atom stereocenters. The molecule has 37 heavy (non-hydrogen) atoms. The molecule has 0 aromatic heterocycles. The molecule has 4 aliphatic rings. The Hall–Kier alpha value is -3.21. The van der Waals surface area contributed by atoms with E-state index in [0.717, 1.165) is 5.56 Å². The van der Waals surface area contributed by atoms with Gasteiger partial charge in [0.2, 0.25) is 5.78 Å². The number of hydrogen-bond acceptors (Lipinski definition) is 9. The number of ketones is 2. The average molecular weight is 512 g/mol. The van der Waals surface area contributed by atoms with Gasteiger partial charge in [-0.15, -0.1) is 0 Å². The van der Waals surface area contributed by atoms with Crippen LogP contribution in [0.3, 0.4) is 0 Å². The predicted octanol–water partition coefficient (Wildman–Crippen LogP) is 0.852. The molecule has 5 atom stereocenters. The number of hydrogen-bond donors (Lipinski definition) is 6. The van der Waals surface area contributed by atoms with Crippen LogP contribution in [0.5, 0.6) is 5.75 Å². The number of aliphatic hydroxyl groups is 3. The number of nitrogens with two attached hydrogens (primary N) is 1. The highest BCUT2D eigenvalue weighted by Gasteiger charge is 2.64. The zero-order valence-electron chi connectivity index (χ0n) is 21.1. The molecule has 1 amide bonds. The van der Waals surface area contributed by atoms with Crippen molar-refractivity contribution in [2.75, 3.05) is 14.1 Å². The van der Waals surface area contributed by atoms with Crippen molar-refractivity contribution in [1.82, 2.24) is 10.2 Å². The number of amides is 1. The van der Waals surface area contributed by atoms with Gasteiger partial charge in [0.25, 0.3) is 5.91 Å². The minimum Gasteiger partial charge on any atom is -0.508 e. The lowest BCUT2D eigenvalue weighted by molar-refractivity contribution is -0.153. The monoisotopic (exact) mass is 511 g/mol. The molecule has 7 N–H and O–H groups in total. The van der Waals surface area contributed by atoms with E-state index in [0.29, 0.717) is 24.1 Å². The van der Waals surface area contributed by atoms with Crippen LogP contribution in [0.4, 0.5) is 0 Å². The highest BCUT2D eigenvalue weighted by atomic mass is 16.3. The Balaban J connectivity index is 1.58. The third kappa shape index (κ3) is 3.77. The van der Waals surface area contributed by atoms with Crippen molar-refractivity contribution < 1.29 is 34.8 Å². The van der Waals surface area contributed by atoms with Crippen LogP contribution in [-0.2, 0) is 27.3 Å². The molecular weight excluding hydrogens is 478 g/mol. The molecule has 0 heterocycles. The van der Waals surface area contributed by atoms with Crippen molar-refractivity contribution in [2.24, 2.45) is 23.5 Å². The van der Waals surface area contributed by atoms with E-state index >= 15 is 0 Å². The fraction of sp³-hybridized carbons (Fsp3) is 0.519. The summed E-state index contributed by atoms with van der Waals surface area (Å²) in [4.78, 5) is 40.4. The first kappa shape index (κ1) is 25.4. The lowest BCUT2D eigenvalue weighted by atomic mass is 9.57. The topological polar surface area (TPSA) is 173 Å². The molecule has 0 spiro atoms. The maximum absolute atomic E-state index is 13.8. The molecule has 1 aromatic rings. The number of Topliss-reactive ketones (excluding diaryl/α,β-unsaturated/α-hetero) is 2. The maximum Gasteiger partial charge on any atom is 0.255 e. The van der Waals surface area contributed by atoms with Crippen molar-refractivity contribution in [1.29, 1.82) is 0 Å². The van der Waals surface area contributed by atoms with Gasteiger partial charge in [-0.3, -0.25) is 19.3 Å². The second-order valence-electron chi connectivity index (χ2n) is 11.1. The van der Waals surface area contributed by atoms with E-state index in [1.807, 2.05) is 6.07 Å². The number of phenolic OH excluding ortho intramolecular Hbond substituents is 1. The number of carbonyl (C=O) groups is 3. The summed E-state index contributed by atoms with van der Waals surface area (Å²) in [6, 6.07) is 2.68. The number of fused-ring (bicyclic) bond motifs is 3. The summed E-state index contributed by atoms with van der Waals surface area (Å²) in [5, 5.41) is 47.9. The van der Waals surface area contributed by atoms with Crippen LogP contribution in [-0.4, -0.2) is 74.6 Å². The van der Waals surface area contributed by atoms with E-state index in [9.17, 15) is 34.8 Å². The number of primary amides is 1. The standard InChI is InChI=1S/C27H33N3O7/c1-11(13-4-5-13)29-10-12-6-14-8-15-9-16-21(30(2)3)23(33)20(26(28)36)25(35)27(16,37)24(34)19(15)22(32)18(14)17(31)7-12/h6-7,11,13,15-16,21,29,31-32,35,37H,4-5,8-10H2,1-3H3,(H2,28,36)/t11-,15+,16+,21+,27+/m1/s1. The summed E-state index contributed by atoms with van der Waals surface area (Å²) in [7, 11) is 3.15. The van der Waals surface area contributed by atoms with Crippen molar-refractivity contribution in [3.63, 3.8) is 0 Å². The predicted molar refractivity (Wildman–Crippen MR) is 133 cm³/mol. The lowest BCUT2D eigenvalue weighted by Crippen LogP contribution is -2.65. The lowest BCUT2D eigenvalue weighted by Gasteiger charge is -2.50. The SMILES string of the molecule is C[C@@H](NCc1cc(O)c2c(c1)C[C@H]1C[C@H]3[C@H](N(C)C)C(=O)C(C(N)=O)=C(O)[C@@]3(O)C(=O)C1=C2O)C1CC1. The van der Waals surface area contributed by atoms with Gasteiger partial charge in [0.15, 0.2) is 11.4 Å². The third-order valence-corrected chi connectivity index (χ3v) is 8.55. The Kier molecular flexibility index (Phi) is 5.97. The molecule has 10 heteroatoms. The van der Waals surface area contributed by atoms with Gasteiger partial charge in [-0.2, -0.15) is 0 Å². The molecule has 4 aliphatic carbocycles. The minimum absolute atomic E-state index is 0.0771. The van der Waals surface area contributed by atoms with Gasteiger partial charge >= 0.3 is 0 Å². The van der Waals surface area contributed by atoms with Crippen molar-refractivity contribution in [3.05, 3.63) is 45.7 Å². The molecule has 198 valence electrons. The van der Waals surface area contributed by atoms with E-state index in [-0.39, 0.29) is 29.7 Å². The van der Waals surface area contributed by atoms with Crippen molar-refractivity contribution in [3.8, 4) is 5.75 Å². The van der Waals surface area contributed by atoms with E-state index in [2.05, 4.69) is 12.2 Å². The van der Waals surface area contributed by atoms with E-state index in [1.165, 1.54) is 23.8 Å². The molecule has 2 saturated carbocycles. The number of nitrogens with zero attached hydrogens (tertiary/aromatic N) is 1. The summed E-state index contributed by atoms with van der Waals surface area (Å²) < 4.78 is 0. The molecule has 2 fully saturated rings. The Morgan fingerprint density at radius 2 is 1.89 bits per heavy atom. The number of likely N-dealkylation sites (N-methyl/N-ethyl adjacent to an activating group) is 1. The van der Waals surface area contributed by atoms with Crippen LogP contribution in [0.1, 0.15) is 42.9 Å². The first-order valence-electron chi connectivity index (χ1n) is 12.6. The molecular formula is C27H33N3O7. The zero-order valence-corrected chi connectivity index (χ0v) is 21.1. The minimum atomic E-state index is -2.62.